The minimum absolute atomic E-state index is 0.0797. The van der Waals surface area contributed by atoms with E-state index in [2.05, 4.69) is 5.32 Å². The number of aliphatic hydroxyl groups excluding tert-OH is 2. The molecule has 2 saturated carbocycles. The molecule has 4 nitrogen and oxygen atoms in total. The number of rotatable bonds is 3. The maximum absolute atomic E-state index is 12.8. The molecule has 2 fully saturated rings. The lowest BCUT2D eigenvalue weighted by Crippen LogP contribution is -2.56. The van der Waals surface area contributed by atoms with Gasteiger partial charge in [-0.15, -0.1) is 0 Å². The summed E-state index contributed by atoms with van der Waals surface area (Å²) in [6.45, 7) is 0. The average molecular weight is 279 g/mol. The van der Waals surface area contributed by atoms with Crippen LogP contribution >= 0.6 is 0 Å². The van der Waals surface area contributed by atoms with Crippen molar-refractivity contribution in [1.29, 1.82) is 0 Å². The molecule has 3 N–H and O–H groups in total. The summed E-state index contributed by atoms with van der Waals surface area (Å²) in [6.07, 6.45) is 0.674. The second kappa shape index (κ2) is 4.82. The Morgan fingerprint density at radius 3 is 2.65 bits per heavy atom. The van der Waals surface area contributed by atoms with Gasteiger partial charge in [-0.25, -0.2) is 4.39 Å². The summed E-state index contributed by atoms with van der Waals surface area (Å²) in [6, 6.07) is 5.79. The number of carbonyl (C=O) groups excluding carboxylic acids is 1. The van der Waals surface area contributed by atoms with Gasteiger partial charge in [-0.2, -0.15) is 0 Å². The molecule has 20 heavy (non-hydrogen) atoms. The van der Waals surface area contributed by atoms with Gasteiger partial charge in [-0.05, 0) is 42.9 Å². The highest BCUT2D eigenvalue weighted by Gasteiger charge is 2.57. The zero-order chi connectivity index (χ0) is 14.3. The summed E-state index contributed by atoms with van der Waals surface area (Å²) in [5.41, 5.74) is 0.0455. The van der Waals surface area contributed by atoms with Crippen molar-refractivity contribution in [2.45, 2.75) is 43.4 Å². The largest absolute Gasteiger partial charge is 0.390 e. The topological polar surface area (TPSA) is 69.6 Å². The predicted molar refractivity (Wildman–Crippen MR) is 70.3 cm³/mol. The maximum atomic E-state index is 12.8. The van der Waals surface area contributed by atoms with E-state index in [1.807, 2.05) is 0 Å². The second-order valence-electron chi connectivity index (χ2n) is 5.95. The SMILES string of the molecule is O=C(Cc1ccc(F)cc1)NC12CCC(C1)[C@H](O)[C@@H]2O. The molecule has 2 unspecified atom stereocenters. The van der Waals surface area contributed by atoms with E-state index >= 15 is 0 Å². The number of nitrogens with one attached hydrogen (secondary N) is 1. The van der Waals surface area contributed by atoms with E-state index in [4.69, 9.17) is 0 Å². The average Bonchev–Trinajstić information content (AvgIpc) is 2.92. The van der Waals surface area contributed by atoms with Crippen molar-refractivity contribution in [3.05, 3.63) is 35.6 Å². The first kappa shape index (κ1) is 13.5. The van der Waals surface area contributed by atoms with E-state index in [-0.39, 0.29) is 24.1 Å². The summed E-state index contributed by atoms with van der Waals surface area (Å²) in [5.74, 6) is -0.456. The predicted octanol–water partition coefficient (Wildman–Crippen LogP) is 0.759. The summed E-state index contributed by atoms with van der Waals surface area (Å²) >= 11 is 0. The first-order valence-electron chi connectivity index (χ1n) is 6.92. The molecule has 1 aromatic rings. The van der Waals surface area contributed by atoms with Gasteiger partial charge in [0, 0.05) is 0 Å². The number of hydrogen-bond donors (Lipinski definition) is 3. The van der Waals surface area contributed by atoms with E-state index in [0.29, 0.717) is 12.8 Å². The zero-order valence-corrected chi connectivity index (χ0v) is 11.1. The van der Waals surface area contributed by atoms with Crippen LogP contribution in [-0.4, -0.2) is 33.9 Å². The third-order valence-corrected chi connectivity index (χ3v) is 4.63. The Morgan fingerprint density at radius 2 is 2.05 bits per heavy atom. The molecule has 0 heterocycles. The van der Waals surface area contributed by atoms with Crippen molar-refractivity contribution in [2.24, 2.45) is 5.92 Å². The first-order valence-corrected chi connectivity index (χ1v) is 6.92. The molecule has 1 aromatic carbocycles. The molecule has 108 valence electrons. The molecule has 2 bridgehead atoms. The van der Waals surface area contributed by atoms with Gasteiger partial charge in [0.15, 0.2) is 0 Å². The van der Waals surface area contributed by atoms with Gasteiger partial charge in [0.25, 0.3) is 0 Å². The van der Waals surface area contributed by atoms with Crippen LogP contribution in [0, 0.1) is 11.7 Å². The Bertz CT molecular complexity index is 518. The van der Waals surface area contributed by atoms with Crippen LogP contribution in [0.3, 0.4) is 0 Å². The van der Waals surface area contributed by atoms with E-state index in [9.17, 15) is 19.4 Å². The Balaban J connectivity index is 1.66. The van der Waals surface area contributed by atoms with Gasteiger partial charge in [0.05, 0.1) is 18.1 Å². The Hall–Kier alpha value is -1.46. The lowest BCUT2D eigenvalue weighted by molar-refractivity contribution is -0.125. The van der Waals surface area contributed by atoms with Crippen LogP contribution < -0.4 is 5.32 Å². The van der Waals surface area contributed by atoms with Crippen LogP contribution in [0.2, 0.25) is 0 Å². The molecule has 3 rings (SSSR count). The normalized spacial score (nSPS) is 35.2. The van der Waals surface area contributed by atoms with Gasteiger partial charge in [0.2, 0.25) is 5.91 Å². The second-order valence-corrected chi connectivity index (χ2v) is 5.95. The molecule has 0 aromatic heterocycles. The number of halogens is 1. The molecule has 5 heteroatoms. The maximum Gasteiger partial charge on any atom is 0.224 e. The molecule has 0 radical (unpaired) electrons. The van der Waals surface area contributed by atoms with Crippen LogP contribution in [0.5, 0.6) is 0 Å². The lowest BCUT2D eigenvalue weighted by Gasteiger charge is -2.34. The third kappa shape index (κ3) is 2.21. The molecule has 0 spiro atoms. The van der Waals surface area contributed by atoms with Gasteiger partial charge < -0.3 is 15.5 Å². The number of hydrogen-bond acceptors (Lipinski definition) is 3. The highest BCUT2D eigenvalue weighted by molar-refractivity contribution is 5.79. The number of carbonyl (C=O) groups is 1. The molecule has 1 amide bonds. The smallest absolute Gasteiger partial charge is 0.224 e. The third-order valence-electron chi connectivity index (χ3n) is 4.63. The number of aliphatic hydroxyl groups is 2. The van der Waals surface area contributed by atoms with Crippen LogP contribution in [0.15, 0.2) is 24.3 Å². The van der Waals surface area contributed by atoms with Gasteiger partial charge >= 0.3 is 0 Å². The lowest BCUT2D eigenvalue weighted by atomic mass is 9.88. The van der Waals surface area contributed by atoms with Crippen molar-refractivity contribution < 1.29 is 19.4 Å². The first-order chi connectivity index (χ1) is 9.50. The van der Waals surface area contributed by atoms with Gasteiger partial charge in [0.1, 0.15) is 11.9 Å². The molecule has 0 saturated heterocycles. The fourth-order valence-electron chi connectivity index (χ4n) is 3.56. The molecular weight excluding hydrogens is 261 g/mol. The van der Waals surface area contributed by atoms with Gasteiger partial charge in [-0.1, -0.05) is 12.1 Å². The minimum Gasteiger partial charge on any atom is -0.390 e. The fourth-order valence-corrected chi connectivity index (χ4v) is 3.56. The van der Waals surface area contributed by atoms with Crippen molar-refractivity contribution in [2.75, 3.05) is 0 Å². The molecule has 2 aliphatic rings. The van der Waals surface area contributed by atoms with Crippen LogP contribution in [-0.2, 0) is 11.2 Å². The number of fused-ring (bicyclic) bond motifs is 2. The fraction of sp³-hybridized carbons (Fsp3) is 0.533. The quantitative estimate of drug-likeness (QED) is 0.765. The van der Waals surface area contributed by atoms with E-state index in [1.165, 1.54) is 12.1 Å². The highest BCUT2D eigenvalue weighted by Crippen LogP contribution is 2.47. The highest BCUT2D eigenvalue weighted by atomic mass is 19.1. The zero-order valence-electron chi connectivity index (χ0n) is 11.1. The van der Waals surface area contributed by atoms with Crippen molar-refractivity contribution in [1.82, 2.24) is 5.32 Å². The standard InChI is InChI=1S/C15H18FNO3/c16-11-3-1-9(2-4-11)7-12(18)17-15-6-5-10(8-15)13(19)14(15)20/h1-4,10,13-14,19-20H,5-8H2,(H,17,18)/t10?,13-,14-,15?/m0/s1. The van der Waals surface area contributed by atoms with Crippen LogP contribution in [0.4, 0.5) is 4.39 Å². The van der Waals surface area contributed by atoms with Crippen molar-refractivity contribution >= 4 is 5.91 Å². The Labute approximate surface area is 116 Å². The minimum atomic E-state index is -0.890. The number of amides is 1. The van der Waals surface area contributed by atoms with Crippen molar-refractivity contribution in [3.63, 3.8) is 0 Å². The van der Waals surface area contributed by atoms with Gasteiger partial charge in [-0.3, -0.25) is 4.79 Å². The Morgan fingerprint density at radius 1 is 1.35 bits per heavy atom. The van der Waals surface area contributed by atoms with E-state index in [0.717, 1.165) is 12.0 Å². The number of benzene rings is 1. The Kier molecular flexibility index (Phi) is 3.26. The summed E-state index contributed by atoms with van der Waals surface area (Å²) in [4.78, 5) is 12.1. The molecule has 4 atom stereocenters. The summed E-state index contributed by atoms with van der Waals surface area (Å²) in [7, 11) is 0. The van der Waals surface area contributed by atoms with Crippen LogP contribution in [0.1, 0.15) is 24.8 Å². The molecular formula is C15H18FNO3. The summed E-state index contributed by atoms with van der Waals surface area (Å²) < 4.78 is 12.8. The van der Waals surface area contributed by atoms with Crippen LogP contribution in [0.25, 0.3) is 0 Å². The monoisotopic (exact) mass is 279 g/mol. The molecule has 0 aliphatic heterocycles. The molecule has 2 aliphatic carbocycles. The van der Waals surface area contributed by atoms with E-state index < -0.39 is 17.7 Å². The summed E-state index contributed by atoms with van der Waals surface area (Å²) in [5, 5.41) is 22.8. The van der Waals surface area contributed by atoms with E-state index in [1.54, 1.807) is 12.1 Å². The van der Waals surface area contributed by atoms with Crippen molar-refractivity contribution in [3.8, 4) is 0 Å².